The third kappa shape index (κ3) is 4.30. The van der Waals surface area contributed by atoms with Crippen molar-refractivity contribution in [3.8, 4) is 0 Å². The van der Waals surface area contributed by atoms with Gasteiger partial charge in [0.05, 0.1) is 12.6 Å². The third-order valence-corrected chi connectivity index (χ3v) is 4.51. The van der Waals surface area contributed by atoms with E-state index in [0.29, 0.717) is 6.54 Å². The van der Waals surface area contributed by atoms with Crippen molar-refractivity contribution in [2.75, 3.05) is 32.7 Å². The SMILES string of the molecule is CC(C)(C)C(NC(=O)CN1CCNCC1)c1cccs1. The second kappa shape index (κ2) is 6.70. The van der Waals surface area contributed by atoms with E-state index in [1.165, 1.54) is 4.88 Å². The summed E-state index contributed by atoms with van der Waals surface area (Å²) in [4.78, 5) is 15.7. The first-order chi connectivity index (χ1) is 9.47. The van der Waals surface area contributed by atoms with Gasteiger partial charge in [0.2, 0.25) is 5.91 Å². The van der Waals surface area contributed by atoms with Crippen LogP contribution in [0.25, 0.3) is 0 Å². The Morgan fingerprint density at radius 1 is 1.45 bits per heavy atom. The lowest BCUT2D eigenvalue weighted by Crippen LogP contribution is -2.48. The fourth-order valence-electron chi connectivity index (χ4n) is 2.45. The van der Waals surface area contributed by atoms with Crippen LogP contribution in [0, 0.1) is 5.41 Å². The largest absolute Gasteiger partial charge is 0.347 e. The van der Waals surface area contributed by atoms with Gasteiger partial charge in [-0.15, -0.1) is 11.3 Å². The van der Waals surface area contributed by atoms with Crippen LogP contribution in [0.5, 0.6) is 0 Å². The Balaban J connectivity index is 1.95. The van der Waals surface area contributed by atoms with Crippen molar-refractivity contribution < 1.29 is 4.79 Å². The number of hydrogen-bond acceptors (Lipinski definition) is 4. The van der Waals surface area contributed by atoms with Crippen LogP contribution >= 0.6 is 11.3 Å². The summed E-state index contributed by atoms with van der Waals surface area (Å²) in [6.45, 7) is 10.9. The van der Waals surface area contributed by atoms with Crippen molar-refractivity contribution >= 4 is 17.2 Å². The molecule has 5 heteroatoms. The molecule has 0 aromatic carbocycles. The van der Waals surface area contributed by atoms with Crippen molar-refractivity contribution in [2.45, 2.75) is 26.8 Å². The molecule has 2 heterocycles. The molecule has 20 heavy (non-hydrogen) atoms. The van der Waals surface area contributed by atoms with Crippen LogP contribution in [0.3, 0.4) is 0 Å². The lowest BCUT2D eigenvalue weighted by Gasteiger charge is -2.32. The summed E-state index contributed by atoms with van der Waals surface area (Å²) in [6.07, 6.45) is 0. The van der Waals surface area contributed by atoms with Crippen LogP contribution in [-0.2, 0) is 4.79 Å². The minimum Gasteiger partial charge on any atom is -0.347 e. The molecule has 1 aliphatic heterocycles. The number of carbonyl (C=O) groups excluding carboxylic acids is 1. The smallest absolute Gasteiger partial charge is 0.234 e. The molecule has 4 nitrogen and oxygen atoms in total. The van der Waals surface area contributed by atoms with Gasteiger partial charge in [0, 0.05) is 31.1 Å². The molecule has 0 aliphatic carbocycles. The van der Waals surface area contributed by atoms with Crippen molar-refractivity contribution in [3.05, 3.63) is 22.4 Å². The van der Waals surface area contributed by atoms with E-state index in [1.807, 2.05) is 6.07 Å². The number of nitrogens with zero attached hydrogens (tertiary/aromatic N) is 1. The first-order valence-corrected chi connectivity index (χ1v) is 8.10. The van der Waals surface area contributed by atoms with Crippen molar-refractivity contribution in [1.82, 2.24) is 15.5 Å². The molecule has 0 radical (unpaired) electrons. The molecule has 1 aromatic rings. The zero-order valence-corrected chi connectivity index (χ0v) is 13.4. The normalized spacial score (nSPS) is 18.8. The number of piperazine rings is 1. The zero-order chi connectivity index (χ0) is 14.6. The summed E-state index contributed by atoms with van der Waals surface area (Å²) in [5.74, 6) is 0.125. The average molecular weight is 295 g/mol. The van der Waals surface area contributed by atoms with Gasteiger partial charge in [-0.3, -0.25) is 9.69 Å². The number of hydrogen-bond donors (Lipinski definition) is 2. The Morgan fingerprint density at radius 2 is 2.15 bits per heavy atom. The molecule has 1 aromatic heterocycles. The van der Waals surface area contributed by atoms with E-state index in [2.05, 4.69) is 47.8 Å². The molecule has 2 rings (SSSR count). The molecule has 2 N–H and O–H groups in total. The van der Waals surface area contributed by atoms with Crippen LogP contribution in [0.2, 0.25) is 0 Å². The van der Waals surface area contributed by atoms with E-state index >= 15 is 0 Å². The summed E-state index contributed by atoms with van der Waals surface area (Å²) in [7, 11) is 0. The average Bonchev–Trinajstić information content (AvgIpc) is 2.89. The number of rotatable bonds is 4. The summed E-state index contributed by atoms with van der Waals surface area (Å²) in [6, 6.07) is 4.23. The van der Waals surface area contributed by atoms with Gasteiger partial charge in [-0.2, -0.15) is 0 Å². The number of nitrogens with one attached hydrogen (secondary N) is 2. The Bertz CT molecular complexity index is 419. The molecule has 1 atom stereocenters. The van der Waals surface area contributed by atoms with Crippen LogP contribution < -0.4 is 10.6 Å². The first-order valence-electron chi connectivity index (χ1n) is 7.22. The van der Waals surface area contributed by atoms with E-state index in [-0.39, 0.29) is 17.4 Å². The highest BCUT2D eigenvalue weighted by atomic mass is 32.1. The van der Waals surface area contributed by atoms with E-state index in [1.54, 1.807) is 11.3 Å². The highest BCUT2D eigenvalue weighted by molar-refractivity contribution is 7.10. The van der Waals surface area contributed by atoms with Gasteiger partial charge in [0.1, 0.15) is 0 Å². The van der Waals surface area contributed by atoms with Crippen molar-refractivity contribution in [1.29, 1.82) is 0 Å². The highest BCUT2D eigenvalue weighted by Gasteiger charge is 2.29. The maximum atomic E-state index is 12.3. The second-order valence-corrected chi connectivity index (χ2v) is 7.39. The maximum absolute atomic E-state index is 12.3. The Morgan fingerprint density at radius 3 is 2.70 bits per heavy atom. The minimum atomic E-state index is 0.0178. The van der Waals surface area contributed by atoms with E-state index < -0.39 is 0 Å². The lowest BCUT2D eigenvalue weighted by molar-refractivity contribution is -0.123. The summed E-state index contributed by atoms with van der Waals surface area (Å²) in [5.41, 5.74) is 0.0178. The fourth-order valence-corrected chi connectivity index (χ4v) is 3.47. The van der Waals surface area contributed by atoms with Crippen LogP contribution in [0.4, 0.5) is 0 Å². The maximum Gasteiger partial charge on any atom is 0.234 e. The van der Waals surface area contributed by atoms with Crippen molar-refractivity contribution in [3.63, 3.8) is 0 Å². The van der Waals surface area contributed by atoms with Crippen LogP contribution in [-0.4, -0.2) is 43.5 Å². The molecule has 1 aliphatic rings. The third-order valence-electron chi connectivity index (χ3n) is 3.58. The van der Waals surface area contributed by atoms with Crippen LogP contribution in [0.1, 0.15) is 31.7 Å². The van der Waals surface area contributed by atoms with Gasteiger partial charge in [-0.05, 0) is 16.9 Å². The van der Waals surface area contributed by atoms with Gasteiger partial charge in [-0.25, -0.2) is 0 Å². The molecule has 0 saturated carbocycles. The molecule has 112 valence electrons. The quantitative estimate of drug-likeness (QED) is 0.891. The standard InChI is InChI=1S/C15H25N3OS/c1-15(2,3)14(12-5-4-10-20-12)17-13(19)11-18-8-6-16-7-9-18/h4-5,10,14,16H,6-9,11H2,1-3H3,(H,17,19). The first kappa shape index (κ1) is 15.5. The summed E-state index contributed by atoms with van der Waals surface area (Å²) >= 11 is 1.71. The topological polar surface area (TPSA) is 44.4 Å². The number of amides is 1. The number of carbonyl (C=O) groups is 1. The van der Waals surface area contributed by atoms with Gasteiger partial charge < -0.3 is 10.6 Å². The van der Waals surface area contributed by atoms with E-state index in [0.717, 1.165) is 26.2 Å². The molecule has 1 fully saturated rings. The molecule has 1 amide bonds. The molecular weight excluding hydrogens is 270 g/mol. The Labute approximate surface area is 125 Å². The zero-order valence-electron chi connectivity index (χ0n) is 12.6. The van der Waals surface area contributed by atoms with Gasteiger partial charge in [-0.1, -0.05) is 26.8 Å². The van der Waals surface area contributed by atoms with Gasteiger partial charge in [0.15, 0.2) is 0 Å². The predicted molar refractivity (Wildman–Crippen MR) is 84.0 cm³/mol. The Hall–Kier alpha value is -0.910. The van der Waals surface area contributed by atoms with Gasteiger partial charge >= 0.3 is 0 Å². The summed E-state index contributed by atoms with van der Waals surface area (Å²) < 4.78 is 0. The predicted octanol–water partition coefficient (Wildman–Crippen LogP) is 1.86. The lowest BCUT2D eigenvalue weighted by atomic mass is 9.85. The summed E-state index contributed by atoms with van der Waals surface area (Å²) in [5, 5.41) is 8.59. The Kier molecular flexibility index (Phi) is 5.18. The van der Waals surface area contributed by atoms with Gasteiger partial charge in [0.25, 0.3) is 0 Å². The van der Waals surface area contributed by atoms with E-state index in [9.17, 15) is 4.79 Å². The molecular formula is C15H25N3OS. The monoisotopic (exact) mass is 295 g/mol. The number of thiophene rings is 1. The van der Waals surface area contributed by atoms with Crippen molar-refractivity contribution in [2.24, 2.45) is 5.41 Å². The fraction of sp³-hybridized carbons (Fsp3) is 0.667. The van der Waals surface area contributed by atoms with E-state index in [4.69, 9.17) is 0 Å². The molecule has 0 spiro atoms. The molecule has 1 unspecified atom stereocenters. The minimum absolute atomic E-state index is 0.0178. The van der Waals surface area contributed by atoms with Crippen LogP contribution in [0.15, 0.2) is 17.5 Å². The molecule has 1 saturated heterocycles. The highest BCUT2D eigenvalue weighted by Crippen LogP contribution is 2.34. The molecule has 0 bridgehead atoms. The second-order valence-electron chi connectivity index (χ2n) is 6.41.